The molecule has 0 aromatic rings. The van der Waals surface area contributed by atoms with Crippen LogP contribution in [0, 0.1) is 5.92 Å². The van der Waals surface area contributed by atoms with Crippen molar-refractivity contribution in [1.29, 1.82) is 0 Å². The molecule has 0 aromatic heterocycles. The number of aliphatic hydroxyl groups excluding tert-OH is 1. The Morgan fingerprint density at radius 1 is 1.47 bits per heavy atom. The lowest BCUT2D eigenvalue weighted by Crippen LogP contribution is -2.33. The summed E-state index contributed by atoms with van der Waals surface area (Å²) in [6.07, 6.45) is -4.35. The second kappa shape index (κ2) is 6.22. The Morgan fingerprint density at radius 3 is 2.33 bits per heavy atom. The van der Waals surface area contributed by atoms with Gasteiger partial charge in [0.1, 0.15) is 0 Å². The number of carbonyl (C=O) groups is 1. The molecule has 0 bridgehead atoms. The fourth-order valence-corrected chi connectivity index (χ4v) is 1.96. The number of aliphatic carboxylic acids is 1. The van der Waals surface area contributed by atoms with Gasteiger partial charge in [-0.2, -0.15) is 24.9 Å². The molecule has 0 saturated carbocycles. The minimum Gasteiger partial charge on any atom is -0.481 e. The molecular formula is C8H13F3O3S. The zero-order valence-electron chi connectivity index (χ0n) is 8.12. The Morgan fingerprint density at radius 2 is 2.00 bits per heavy atom. The van der Waals surface area contributed by atoms with Crippen molar-refractivity contribution in [3.05, 3.63) is 0 Å². The van der Waals surface area contributed by atoms with Gasteiger partial charge in [-0.3, -0.25) is 4.79 Å². The Hall–Kier alpha value is -0.430. The van der Waals surface area contributed by atoms with Gasteiger partial charge < -0.3 is 10.2 Å². The fourth-order valence-electron chi connectivity index (χ4n) is 0.831. The number of halogens is 3. The molecule has 0 rings (SSSR count). The number of rotatable bonds is 6. The Bertz CT molecular complexity index is 208. The summed E-state index contributed by atoms with van der Waals surface area (Å²) in [5.41, 5.74) is 0. The first-order valence-corrected chi connectivity index (χ1v) is 5.36. The van der Waals surface area contributed by atoms with Crippen molar-refractivity contribution in [2.75, 3.05) is 12.4 Å². The number of carboxylic acid groups (broad SMARTS) is 1. The van der Waals surface area contributed by atoms with Crippen LogP contribution in [0.4, 0.5) is 13.2 Å². The quantitative estimate of drug-likeness (QED) is 0.749. The highest BCUT2D eigenvalue weighted by molar-refractivity contribution is 7.99. The summed E-state index contributed by atoms with van der Waals surface area (Å²) in [6.45, 7) is 1.54. The normalized spacial score (nSPS) is 16.1. The summed E-state index contributed by atoms with van der Waals surface area (Å²) >= 11 is 0.903. The van der Waals surface area contributed by atoms with Gasteiger partial charge in [-0.25, -0.2) is 0 Å². The summed E-state index contributed by atoms with van der Waals surface area (Å²) in [5, 5.41) is 16.7. The zero-order chi connectivity index (χ0) is 12.1. The maximum absolute atomic E-state index is 12.2. The average molecular weight is 246 g/mol. The molecule has 0 heterocycles. The van der Waals surface area contributed by atoms with E-state index >= 15 is 0 Å². The standard InChI is InChI=1S/C8H13F3O3S/c1-5(2-3-12)15-4-6(7(13)14)8(9,10)11/h5-6,12H,2-4H2,1H3,(H,13,14). The molecule has 0 aliphatic carbocycles. The summed E-state index contributed by atoms with van der Waals surface area (Å²) in [5.74, 6) is -4.70. The van der Waals surface area contributed by atoms with Crippen LogP contribution in [-0.4, -0.2) is 40.0 Å². The van der Waals surface area contributed by atoms with Crippen molar-refractivity contribution in [3.63, 3.8) is 0 Å². The molecule has 3 nitrogen and oxygen atoms in total. The first kappa shape index (κ1) is 14.6. The first-order valence-electron chi connectivity index (χ1n) is 4.31. The second-order valence-corrected chi connectivity index (χ2v) is 4.56. The van der Waals surface area contributed by atoms with Crippen LogP contribution in [0.2, 0.25) is 0 Å². The molecular weight excluding hydrogens is 233 g/mol. The number of carboxylic acids is 1. The van der Waals surface area contributed by atoms with Gasteiger partial charge in [0.2, 0.25) is 0 Å². The number of hydrogen-bond donors (Lipinski definition) is 2. The molecule has 0 spiro atoms. The van der Waals surface area contributed by atoms with E-state index in [0.717, 1.165) is 11.8 Å². The maximum Gasteiger partial charge on any atom is 0.403 e. The molecule has 2 atom stereocenters. The summed E-state index contributed by atoms with van der Waals surface area (Å²) in [6, 6.07) is 0. The second-order valence-electron chi connectivity index (χ2n) is 3.09. The van der Waals surface area contributed by atoms with E-state index in [-0.39, 0.29) is 11.9 Å². The first-order chi connectivity index (χ1) is 6.79. The molecule has 0 amide bonds. The average Bonchev–Trinajstić information content (AvgIpc) is 2.01. The van der Waals surface area contributed by atoms with E-state index in [2.05, 4.69) is 0 Å². The van der Waals surface area contributed by atoms with Crippen LogP contribution in [0.3, 0.4) is 0 Å². The van der Waals surface area contributed by atoms with Crippen molar-refractivity contribution in [1.82, 2.24) is 0 Å². The van der Waals surface area contributed by atoms with Crippen molar-refractivity contribution >= 4 is 17.7 Å². The molecule has 2 N–H and O–H groups in total. The van der Waals surface area contributed by atoms with Gasteiger partial charge in [0.05, 0.1) is 0 Å². The molecule has 2 unspecified atom stereocenters. The third-order valence-electron chi connectivity index (χ3n) is 1.78. The largest absolute Gasteiger partial charge is 0.481 e. The lowest BCUT2D eigenvalue weighted by atomic mass is 10.2. The van der Waals surface area contributed by atoms with E-state index in [4.69, 9.17) is 10.2 Å². The van der Waals surface area contributed by atoms with E-state index in [1.165, 1.54) is 0 Å². The lowest BCUT2D eigenvalue weighted by molar-refractivity contribution is -0.188. The van der Waals surface area contributed by atoms with Crippen LogP contribution in [0.25, 0.3) is 0 Å². The Balaban J connectivity index is 4.15. The van der Waals surface area contributed by atoms with Gasteiger partial charge in [-0.15, -0.1) is 0 Å². The number of alkyl halides is 3. The van der Waals surface area contributed by atoms with Crippen LogP contribution >= 0.6 is 11.8 Å². The maximum atomic E-state index is 12.2. The summed E-state index contributed by atoms with van der Waals surface area (Å²) in [7, 11) is 0. The lowest BCUT2D eigenvalue weighted by Gasteiger charge is -2.17. The van der Waals surface area contributed by atoms with E-state index in [0.29, 0.717) is 6.42 Å². The van der Waals surface area contributed by atoms with Crippen LogP contribution in [0.5, 0.6) is 0 Å². The van der Waals surface area contributed by atoms with Crippen LogP contribution in [0.1, 0.15) is 13.3 Å². The molecule has 0 radical (unpaired) electrons. The third-order valence-corrected chi connectivity index (χ3v) is 3.11. The molecule has 15 heavy (non-hydrogen) atoms. The Labute approximate surface area is 89.7 Å². The van der Waals surface area contributed by atoms with E-state index in [9.17, 15) is 18.0 Å². The molecule has 0 aliphatic rings. The van der Waals surface area contributed by atoms with Gasteiger partial charge in [0, 0.05) is 17.6 Å². The number of hydrogen-bond acceptors (Lipinski definition) is 3. The van der Waals surface area contributed by atoms with Gasteiger partial charge >= 0.3 is 12.1 Å². The van der Waals surface area contributed by atoms with E-state index in [1.807, 2.05) is 0 Å². The highest BCUT2D eigenvalue weighted by atomic mass is 32.2. The van der Waals surface area contributed by atoms with Gasteiger partial charge in [0.15, 0.2) is 5.92 Å². The highest BCUT2D eigenvalue weighted by Gasteiger charge is 2.44. The van der Waals surface area contributed by atoms with Gasteiger partial charge in [-0.1, -0.05) is 6.92 Å². The fraction of sp³-hybridized carbons (Fsp3) is 0.875. The number of thioether (sulfide) groups is 1. The smallest absolute Gasteiger partial charge is 0.403 e. The predicted molar refractivity (Wildman–Crippen MR) is 50.8 cm³/mol. The van der Waals surface area contributed by atoms with Crippen LogP contribution < -0.4 is 0 Å². The zero-order valence-corrected chi connectivity index (χ0v) is 8.94. The molecule has 0 fully saturated rings. The van der Waals surface area contributed by atoms with Crippen molar-refractivity contribution < 1.29 is 28.2 Å². The van der Waals surface area contributed by atoms with Crippen LogP contribution in [-0.2, 0) is 4.79 Å². The molecule has 7 heteroatoms. The summed E-state index contributed by atoms with van der Waals surface area (Å²) < 4.78 is 36.5. The molecule has 0 saturated heterocycles. The van der Waals surface area contributed by atoms with Crippen molar-refractivity contribution in [2.45, 2.75) is 24.8 Å². The Kier molecular flexibility index (Phi) is 6.04. The van der Waals surface area contributed by atoms with Crippen molar-refractivity contribution in [3.8, 4) is 0 Å². The van der Waals surface area contributed by atoms with E-state index < -0.39 is 23.8 Å². The monoisotopic (exact) mass is 246 g/mol. The summed E-state index contributed by atoms with van der Waals surface area (Å²) in [4.78, 5) is 10.3. The third kappa shape index (κ3) is 5.88. The van der Waals surface area contributed by atoms with Gasteiger partial charge in [0.25, 0.3) is 0 Å². The molecule has 0 aliphatic heterocycles. The SMILES string of the molecule is CC(CCO)SCC(C(=O)O)C(F)(F)F. The topological polar surface area (TPSA) is 57.5 Å². The molecule has 90 valence electrons. The minimum atomic E-state index is -4.71. The van der Waals surface area contributed by atoms with Crippen molar-refractivity contribution in [2.24, 2.45) is 5.92 Å². The molecule has 0 aromatic carbocycles. The minimum absolute atomic E-state index is 0.113. The van der Waals surface area contributed by atoms with Gasteiger partial charge in [-0.05, 0) is 6.42 Å². The highest BCUT2D eigenvalue weighted by Crippen LogP contribution is 2.30. The van der Waals surface area contributed by atoms with E-state index in [1.54, 1.807) is 6.92 Å². The number of aliphatic hydroxyl groups is 1. The van der Waals surface area contributed by atoms with Crippen LogP contribution in [0.15, 0.2) is 0 Å². The predicted octanol–water partition coefficient (Wildman–Crippen LogP) is 1.75.